The Morgan fingerprint density at radius 2 is 2.03 bits per heavy atom. The Morgan fingerprint density at radius 3 is 2.84 bits per heavy atom. The quantitative estimate of drug-likeness (QED) is 0.658. The number of benzene rings is 1. The maximum Gasteiger partial charge on any atom is 0.315 e. The van der Waals surface area contributed by atoms with Crippen LogP contribution in [0.5, 0.6) is 0 Å². The monoisotopic (exact) mass is 431 g/mol. The van der Waals surface area contributed by atoms with Gasteiger partial charge in [-0.15, -0.1) is 5.10 Å². The van der Waals surface area contributed by atoms with Crippen molar-refractivity contribution >= 4 is 23.3 Å². The van der Waals surface area contributed by atoms with Crippen molar-refractivity contribution in [2.24, 2.45) is 0 Å². The van der Waals surface area contributed by atoms with Gasteiger partial charge in [-0.25, -0.2) is 9.97 Å². The first-order chi connectivity index (χ1) is 15.5. The zero-order valence-electron chi connectivity index (χ0n) is 18.4. The SMILES string of the molecule is CC(C)Nc1nnc(-c2ccc3c(c2)C(c2nccc(N4CCN(C)C(=O)C4)n2)=CC3)o1. The van der Waals surface area contributed by atoms with Crippen LogP contribution in [0.4, 0.5) is 11.8 Å². The van der Waals surface area contributed by atoms with Gasteiger partial charge in [0, 0.05) is 43.5 Å². The van der Waals surface area contributed by atoms with Crippen LogP contribution in [0.3, 0.4) is 0 Å². The molecule has 0 spiro atoms. The fraction of sp³-hybridized carbons (Fsp3) is 0.348. The number of carbonyl (C=O) groups is 1. The van der Waals surface area contributed by atoms with Gasteiger partial charge in [0.25, 0.3) is 0 Å². The Balaban J connectivity index is 1.43. The van der Waals surface area contributed by atoms with Crippen molar-refractivity contribution in [2.75, 3.05) is 36.9 Å². The summed E-state index contributed by atoms with van der Waals surface area (Å²) < 4.78 is 5.77. The van der Waals surface area contributed by atoms with Crippen molar-refractivity contribution in [2.45, 2.75) is 26.3 Å². The molecule has 0 unspecified atom stereocenters. The van der Waals surface area contributed by atoms with E-state index in [9.17, 15) is 4.79 Å². The Bertz CT molecular complexity index is 1200. The van der Waals surface area contributed by atoms with Crippen molar-refractivity contribution in [1.29, 1.82) is 0 Å². The number of amides is 1. The highest BCUT2D eigenvalue weighted by Crippen LogP contribution is 2.35. The van der Waals surface area contributed by atoms with Gasteiger partial charge < -0.3 is 19.5 Å². The van der Waals surface area contributed by atoms with Crippen molar-refractivity contribution < 1.29 is 9.21 Å². The third-order valence-electron chi connectivity index (χ3n) is 5.67. The Kier molecular flexibility index (Phi) is 5.08. The highest BCUT2D eigenvalue weighted by molar-refractivity contribution is 5.85. The summed E-state index contributed by atoms with van der Waals surface area (Å²) in [5.41, 5.74) is 4.09. The largest absolute Gasteiger partial charge is 0.403 e. The third-order valence-corrected chi connectivity index (χ3v) is 5.67. The average molecular weight is 432 g/mol. The van der Waals surface area contributed by atoms with E-state index in [4.69, 9.17) is 9.40 Å². The van der Waals surface area contributed by atoms with E-state index < -0.39 is 0 Å². The minimum absolute atomic E-state index is 0.0948. The normalized spacial score (nSPS) is 15.9. The number of allylic oxidation sites excluding steroid dienone is 1. The van der Waals surface area contributed by atoms with Crippen LogP contribution in [-0.2, 0) is 11.2 Å². The molecule has 2 aromatic heterocycles. The molecule has 5 rings (SSSR count). The summed E-state index contributed by atoms with van der Waals surface area (Å²) in [7, 11) is 1.83. The van der Waals surface area contributed by atoms with Crippen LogP contribution < -0.4 is 10.2 Å². The summed E-state index contributed by atoms with van der Waals surface area (Å²) in [5, 5.41) is 11.4. The summed E-state index contributed by atoms with van der Waals surface area (Å²) in [6.07, 6.45) is 4.71. The minimum Gasteiger partial charge on any atom is -0.403 e. The number of hydrogen-bond donors (Lipinski definition) is 1. The molecule has 1 aliphatic heterocycles. The molecule has 1 aromatic carbocycles. The highest BCUT2D eigenvalue weighted by Gasteiger charge is 2.24. The number of nitrogens with one attached hydrogen (secondary N) is 1. The molecule has 2 aliphatic rings. The topological polar surface area (TPSA) is 100 Å². The van der Waals surface area contributed by atoms with E-state index in [-0.39, 0.29) is 11.9 Å². The summed E-state index contributed by atoms with van der Waals surface area (Å²) in [5.74, 6) is 1.98. The van der Waals surface area contributed by atoms with Crippen LogP contribution in [0.1, 0.15) is 30.8 Å². The fourth-order valence-corrected chi connectivity index (χ4v) is 3.93. The smallest absolute Gasteiger partial charge is 0.315 e. The lowest BCUT2D eigenvalue weighted by molar-refractivity contribution is -0.129. The van der Waals surface area contributed by atoms with E-state index in [0.29, 0.717) is 30.8 Å². The molecule has 1 aliphatic carbocycles. The van der Waals surface area contributed by atoms with Gasteiger partial charge in [0.15, 0.2) is 5.82 Å². The van der Waals surface area contributed by atoms with Gasteiger partial charge in [0.1, 0.15) is 5.82 Å². The molecule has 9 heteroatoms. The third kappa shape index (κ3) is 3.81. The van der Waals surface area contributed by atoms with Gasteiger partial charge in [0.2, 0.25) is 11.8 Å². The first-order valence-corrected chi connectivity index (χ1v) is 10.7. The Hall–Kier alpha value is -3.75. The maximum atomic E-state index is 12.1. The maximum absolute atomic E-state index is 12.1. The second kappa shape index (κ2) is 8.07. The molecule has 0 saturated carbocycles. The molecule has 1 N–H and O–H groups in total. The van der Waals surface area contributed by atoms with Crippen molar-refractivity contribution in [3.05, 3.63) is 53.5 Å². The molecular weight excluding hydrogens is 406 g/mol. The molecule has 1 fully saturated rings. The van der Waals surface area contributed by atoms with E-state index >= 15 is 0 Å². The van der Waals surface area contributed by atoms with Crippen LogP contribution in [0.15, 0.2) is 41.0 Å². The van der Waals surface area contributed by atoms with Gasteiger partial charge in [-0.2, -0.15) is 0 Å². The van der Waals surface area contributed by atoms with E-state index in [1.54, 1.807) is 11.1 Å². The second-order valence-corrected chi connectivity index (χ2v) is 8.38. The van der Waals surface area contributed by atoms with Gasteiger partial charge in [-0.05, 0) is 49.6 Å². The zero-order chi connectivity index (χ0) is 22.2. The lowest BCUT2D eigenvalue weighted by Crippen LogP contribution is -2.48. The summed E-state index contributed by atoms with van der Waals surface area (Å²) in [6.45, 7) is 5.80. The lowest BCUT2D eigenvalue weighted by Gasteiger charge is -2.32. The Morgan fingerprint density at radius 1 is 1.16 bits per heavy atom. The zero-order valence-corrected chi connectivity index (χ0v) is 18.4. The van der Waals surface area contributed by atoms with Crippen LogP contribution in [0.25, 0.3) is 17.0 Å². The molecule has 0 bridgehead atoms. The number of rotatable bonds is 5. The van der Waals surface area contributed by atoms with Gasteiger partial charge in [-0.1, -0.05) is 17.2 Å². The molecule has 3 aromatic rings. The molecule has 1 saturated heterocycles. The molecule has 0 radical (unpaired) electrons. The first kappa shape index (κ1) is 20.2. The average Bonchev–Trinajstić information content (AvgIpc) is 3.42. The highest BCUT2D eigenvalue weighted by atomic mass is 16.4. The molecule has 1 amide bonds. The van der Waals surface area contributed by atoms with Crippen LogP contribution >= 0.6 is 0 Å². The van der Waals surface area contributed by atoms with Crippen LogP contribution in [-0.4, -0.2) is 63.7 Å². The molecule has 9 nitrogen and oxygen atoms in total. The number of fused-ring (bicyclic) bond motifs is 1. The molecule has 32 heavy (non-hydrogen) atoms. The molecule has 3 heterocycles. The Labute approximate surface area is 186 Å². The van der Waals surface area contributed by atoms with Crippen molar-refractivity contribution in [3.8, 4) is 11.5 Å². The number of piperazine rings is 1. The van der Waals surface area contributed by atoms with E-state index in [1.165, 1.54) is 5.56 Å². The van der Waals surface area contributed by atoms with Crippen LogP contribution in [0.2, 0.25) is 0 Å². The standard InChI is InChI=1S/C23H25N7O2/c1-14(2)25-23-28-27-22(32-23)16-5-4-15-6-7-17(18(15)12-16)21-24-9-8-19(26-21)30-11-10-29(3)20(31)13-30/h4-5,7-9,12,14H,6,10-11,13H2,1-3H3,(H,25,28). The van der Waals surface area contributed by atoms with Gasteiger partial charge >= 0.3 is 6.01 Å². The fourth-order valence-electron chi connectivity index (χ4n) is 3.93. The first-order valence-electron chi connectivity index (χ1n) is 10.7. The van der Waals surface area contributed by atoms with E-state index in [2.05, 4.69) is 38.7 Å². The summed E-state index contributed by atoms with van der Waals surface area (Å²) in [6, 6.07) is 8.60. The summed E-state index contributed by atoms with van der Waals surface area (Å²) in [4.78, 5) is 25.2. The second-order valence-electron chi connectivity index (χ2n) is 8.38. The van der Waals surface area contributed by atoms with E-state index in [0.717, 1.165) is 35.5 Å². The number of aromatic nitrogens is 4. The van der Waals surface area contributed by atoms with E-state index in [1.807, 2.05) is 37.9 Å². The number of anilines is 2. The molecule has 0 atom stereocenters. The summed E-state index contributed by atoms with van der Waals surface area (Å²) >= 11 is 0. The van der Waals surface area contributed by atoms with Gasteiger partial charge in [-0.3, -0.25) is 4.79 Å². The van der Waals surface area contributed by atoms with Gasteiger partial charge in [0.05, 0.1) is 6.54 Å². The number of carbonyl (C=O) groups excluding carboxylic acids is 1. The van der Waals surface area contributed by atoms with Crippen LogP contribution in [0, 0.1) is 0 Å². The predicted molar refractivity (Wildman–Crippen MR) is 121 cm³/mol. The minimum atomic E-state index is 0.0948. The van der Waals surface area contributed by atoms with Crippen molar-refractivity contribution in [1.82, 2.24) is 25.1 Å². The lowest BCUT2D eigenvalue weighted by atomic mass is 10.0. The predicted octanol–water partition coefficient (Wildman–Crippen LogP) is 2.61. The number of likely N-dealkylation sites (N-methyl/N-ethyl adjacent to an activating group) is 1. The molecule has 164 valence electrons. The van der Waals surface area contributed by atoms with Crippen molar-refractivity contribution in [3.63, 3.8) is 0 Å². The molecular formula is C23H25N7O2. The number of nitrogens with zero attached hydrogens (tertiary/aromatic N) is 6. The number of hydrogen-bond acceptors (Lipinski definition) is 8.